The first-order chi connectivity index (χ1) is 15.6. The highest BCUT2D eigenvalue weighted by atomic mass is 32.2. The van der Waals surface area contributed by atoms with Crippen molar-refractivity contribution in [2.45, 2.75) is 23.6 Å². The minimum absolute atomic E-state index is 0.0674. The first kappa shape index (κ1) is 22.3. The number of aromatic nitrogens is 2. The molecule has 0 radical (unpaired) electrons. The van der Waals surface area contributed by atoms with Crippen LogP contribution in [-0.2, 0) is 16.0 Å². The van der Waals surface area contributed by atoms with Gasteiger partial charge >= 0.3 is 0 Å². The number of amides is 2. The van der Waals surface area contributed by atoms with Crippen LogP contribution in [0.15, 0.2) is 58.9 Å². The van der Waals surface area contributed by atoms with Crippen LogP contribution < -0.4 is 15.0 Å². The fourth-order valence-corrected chi connectivity index (χ4v) is 5.27. The van der Waals surface area contributed by atoms with Gasteiger partial charge in [0.15, 0.2) is 4.34 Å². The van der Waals surface area contributed by atoms with Crippen LogP contribution in [0.3, 0.4) is 0 Å². The number of carbonyl (C=O) groups excluding carboxylic acids is 2. The smallest absolute Gasteiger partial charge is 0.231 e. The van der Waals surface area contributed by atoms with Gasteiger partial charge < -0.3 is 15.0 Å². The standard InChI is InChI=1S/C23H24N4O3S2/c1-30-19-11-9-18(10-12-19)27-15-17(14-20(27)28)21(29)24-22-25-26-23(32-22)31-13-5-8-16-6-3-2-4-7-16/h2-4,6-7,9-12,17H,5,8,13-15H2,1H3,(H,24,25,29). The molecule has 1 aliphatic heterocycles. The maximum atomic E-state index is 12.7. The lowest BCUT2D eigenvalue weighted by Crippen LogP contribution is -2.28. The van der Waals surface area contributed by atoms with Gasteiger partial charge in [-0.15, -0.1) is 10.2 Å². The zero-order chi connectivity index (χ0) is 22.3. The number of methoxy groups -OCH3 is 1. The van der Waals surface area contributed by atoms with Gasteiger partial charge in [0.05, 0.1) is 13.0 Å². The summed E-state index contributed by atoms with van der Waals surface area (Å²) in [4.78, 5) is 26.8. The molecule has 166 valence electrons. The summed E-state index contributed by atoms with van der Waals surface area (Å²) in [7, 11) is 1.60. The molecule has 4 rings (SSSR count). The molecule has 1 unspecified atom stereocenters. The number of benzene rings is 2. The zero-order valence-electron chi connectivity index (χ0n) is 17.7. The predicted octanol–water partition coefficient (Wildman–Crippen LogP) is 4.26. The Morgan fingerprint density at radius 2 is 1.97 bits per heavy atom. The maximum absolute atomic E-state index is 12.7. The normalized spacial score (nSPS) is 15.7. The molecule has 1 saturated heterocycles. The summed E-state index contributed by atoms with van der Waals surface area (Å²) in [6.45, 7) is 0.344. The molecular formula is C23H24N4O3S2. The third kappa shape index (κ3) is 5.66. The van der Waals surface area contributed by atoms with Crippen molar-refractivity contribution >= 4 is 45.7 Å². The first-order valence-electron chi connectivity index (χ1n) is 10.4. The van der Waals surface area contributed by atoms with Crippen LogP contribution in [0.2, 0.25) is 0 Å². The molecule has 32 heavy (non-hydrogen) atoms. The van der Waals surface area contributed by atoms with Gasteiger partial charge in [0.2, 0.25) is 16.9 Å². The average Bonchev–Trinajstić information content (AvgIpc) is 3.44. The molecule has 3 aromatic rings. The first-order valence-corrected chi connectivity index (χ1v) is 12.2. The van der Waals surface area contributed by atoms with Crippen molar-refractivity contribution in [1.82, 2.24) is 10.2 Å². The molecule has 9 heteroatoms. The minimum Gasteiger partial charge on any atom is -0.497 e. The van der Waals surface area contributed by atoms with Crippen LogP contribution >= 0.6 is 23.1 Å². The Balaban J connectivity index is 1.25. The highest BCUT2D eigenvalue weighted by Crippen LogP contribution is 2.29. The zero-order valence-corrected chi connectivity index (χ0v) is 19.3. The van der Waals surface area contributed by atoms with Crippen molar-refractivity contribution in [3.05, 3.63) is 60.2 Å². The maximum Gasteiger partial charge on any atom is 0.231 e. The molecule has 0 spiro atoms. The topological polar surface area (TPSA) is 84.4 Å². The number of ether oxygens (including phenoxy) is 1. The number of thioether (sulfide) groups is 1. The SMILES string of the molecule is COc1ccc(N2CC(C(=O)Nc3nnc(SCCCc4ccccc4)s3)CC2=O)cc1. The lowest BCUT2D eigenvalue weighted by atomic mass is 10.1. The number of carbonyl (C=O) groups is 2. The number of anilines is 2. The van der Waals surface area contributed by atoms with Gasteiger partial charge in [-0.05, 0) is 42.7 Å². The van der Waals surface area contributed by atoms with E-state index in [-0.39, 0.29) is 18.2 Å². The third-order valence-electron chi connectivity index (χ3n) is 5.19. The van der Waals surface area contributed by atoms with E-state index in [1.54, 1.807) is 35.9 Å². The van der Waals surface area contributed by atoms with Crippen LogP contribution in [0.1, 0.15) is 18.4 Å². The van der Waals surface area contributed by atoms with Crippen molar-refractivity contribution < 1.29 is 14.3 Å². The highest BCUT2D eigenvalue weighted by molar-refractivity contribution is 8.01. The highest BCUT2D eigenvalue weighted by Gasteiger charge is 2.35. The fraction of sp³-hybridized carbons (Fsp3) is 0.304. The van der Waals surface area contributed by atoms with E-state index >= 15 is 0 Å². The molecule has 1 atom stereocenters. The van der Waals surface area contributed by atoms with Gasteiger partial charge in [-0.3, -0.25) is 9.59 Å². The number of hydrogen-bond acceptors (Lipinski definition) is 7. The van der Waals surface area contributed by atoms with Crippen molar-refractivity contribution in [2.75, 3.05) is 29.6 Å². The second-order valence-electron chi connectivity index (χ2n) is 7.40. The second kappa shape index (κ2) is 10.6. The summed E-state index contributed by atoms with van der Waals surface area (Å²) in [5, 5.41) is 11.5. The molecule has 1 fully saturated rings. The Morgan fingerprint density at radius 1 is 1.19 bits per heavy atom. The summed E-state index contributed by atoms with van der Waals surface area (Å²) in [6.07, 6.45) is 2.25. The quantitative estimate of drug-likeness (QED) is 0.287. The Hall–Kier alpha value is -2.91. The van der Waals surface area contributed by atoms with E-state index in [0.717, 1.165) is 34.4 Å². The molecule has 2 amide bonds. The van der Waals surface area contributed by atoms with E-state index in [4.69, 9.17) is 4.74 Å². The van der Waals surface area contributed by atoms with Gasteiger partial charge in [-0.2, -0.15) is 0 Å². The van der Waals surface area contributed by atoms with E-state index in [1.165, 1.54) is 16.9 Å². The summed E-state index contributed by atoms with van der Waals surface area (Å²) in [6, 6.07) is 17.6. The van der Waals surface area contributed by atoms with Crippen LogP contribution in [0.25, 0.3) is 0 Å². The minimum atomic E-state index is -0.421. The molecule has 2 aromatic carbocycles. The number of rotatable bonds is 9. The number of aryl methyl sites for hydroxylation is 1. The summed E-state index contributed by atoms with van der Waals surface area (Å²) in [5.41, 5.74) is 2.09. The van der Waals surface area contributed by atoms with Gasteiger partial charge in [-0.1, -0.05) is 53.4 Å². The molecule has 0 aliphatic carbocycles. The Kier molecular flexibility index (Phi) is 7.39. The summed E-state index contributed by atoms with van der Waals surface area (Å²) in [5.74, 6) is 0.967. The van der Waals surface area contributed by atoms with Crippen molar-refractivity contribution in [1.29, 1.82) is 0 Å². The monoisotopic (exact) mass is 468 g/mol. The lowest BCUT2D eigenvalue weighted by molar-refractivity contribution is -0.122. The van der Waals surface area contributed by atoms with Gasteiger partial charge in [-0.25, -0.2) is 0 Å². The van der Waals surface area contributed by atoms with E-state index in [1.807, 2.05) is 18.2 Å². The van der Waals surface area contributed by atoms with E-state index in [0.29, 0.717) is 11.7 Å². The number of hydrogen-bond donors (Lipinski definition) is 1. The molecule has 0 saturated carbocycles. The largest absolute Gasteiger partial charge is 0.497 e. The van der Waals surface area contributed by atoms with Crippen molar-refractivity contribution in [2.24, 2.45) is 5.92 Å². The fourth-order valence-electron chi connectivity index (χ4n) is 3.50. The van der Waals surface area contributed by atoms with Crippen LogP contribution in [0.5, 0.6) is 5.75 Å². The van der Waals surface area contributed by atoms with Crippen molar-refractivity contribution in [3.63, 3.8) is 0 Å². The molecule has 1 aromatic heterocycles. The number of nitrogens with one attached hydrogen (secondary N) is 1. The summed E-state index contributed by atoms with van der Waals surface area (Å²) >= 11 is 3.01. The molecular weight excluding hydrogens is 444 g/mol. The predicted molar refractivity (Wildman–Crippen MR) is 127 cm³/mol. The van der Waals surface area contributed by atoms with E-state index in [9.17, 15) is 9.59 Å². The van der Waals surface area contributed by atoms with Gasteiger partial charge in [0.1, 0.15) is 5.75 Å². The summed E-state index contributed by atoms with van der Waals surface area (Å²) < 4.78 is 5.99. The Labute approximate surface area is 195 Å². The van der Waals surface area contributed by atoms with Crippen LogP contribution in [0.4, 0.5) is 10.8 Å². The van der Waals surface area contributed by atoms with Gasteiger partial charge in [0, 0.05) is 24.4 Å². The Bertz CT molecular complexity index is 1060. The molecule has 1 N–H and O–H groups in total. The molecule has 7 nitrogen and oxygen atoms in total. The second-order valence-corrected chi connectivity index (χ2v) is 9.72. The number of nitrogens with zero attached hydrogens (tertiary/aromatic N) is 3. The molecule has 0 bridgehead atoms. The van der Waals surface area contributed by atoms with Gasteiger partial charge in [0.25, 0.3) is 0 Å². The Morgan fingerprint density at radius 3 is 2.72 bits per heavy atom. The molecule has 2 heterocycles. The van der Waals surface area contributed by atoms with E-state index in [2.05, 4.69) is 39.8 Å². The molecule has 1 aliphatic rings. The van der Waals surface area contributed by atoms with Crippen LogP contribution in [-0.4, -0.2) is 41.4 Å². The van der Waals surface area contributed by atoms with E-state index < -0.39 is 5.92 Å². The van der Waals surface area contributed by atoms with Crippen LogP contribution in [0, 0.1) is 5.92 Å². The van der Waals surface area contributed by atoms with Crippen molar-refractivity contribution in [3.8, 4) is 5.75 Å². The third-order valence-corrected chi connectivity index (χ3v) is 7.25. The average molecular weight is 469 g/mol. The lowest BCUT2D eigenvalue weighted by Gasteiger charge is -2.16.